The van der Waals surface area contributed by atoms with E-state index in [1.54, 1.807) is 0 Å². The van der Waals surface area contributed by atoms with Crippen molar-refractivity contribution in [1.29, 1.82) is 0 Å². The molecule has 0 aromatic heterocycles. The van der Waals surface area contributed by atoms with Crippen molar-refractivity contribution in [3.8, 4) is 5.75 Å². The summed E-state index contributed by atoms with van der Waals surface area (Å²) >= 11 is 2.33. The zero-order valence-corrected chi connectivity index (χ0v) is 14.0. The van der Waals surface area contributed by atoms with Crippen molar-refractivity contribution in [2.24, 2.45) is 0 Å². The number of benzene rings is 1. The van der Waals surface area contributed by atoms with E-state index >= 15 is 0 Å². The van der Waals surface area contributed by atoms with E-state index in [1.807, 2.05) is 0 Å². The quantitative estimate of drug-likeness (QED) is 0.582. The average Bonchev–Trinajstić information content (AvgIpc) is 2.39. The first-order valence-electron chi connectivity index (χ1n) is 6.95. The van der Waals surface area contributed by atoms with E-state index < -0.39 is 0 Å². The van der Waals surface area contributed by atoms with Crippen molar-refractivity contribution in [2.45, 2.75) is 13.3 Å². The van der Waals surface area contributed by atoms with E-state index in [4.69, 9.17) is 4.74 Å². The maximum atomic E-state index is 5.86. The lowest BCUT2D eigenvalue weighted by atomic mass is 10.2. The number of likely N-dealkylation sites (N-methyl/N-ethyl adjacent to an activating group) is 1. The number of piperazine rings is 1. The lowest BCUT2D eigenvalue weighted by Gasteiger charge is -2.32. The second-order valence-corrected chi connectivity index (χ2v) is 6.50. The molecular weight excluding hydrogens is 351 g/mol. The Morgan fingerprint density at radius 2 is 1.95 bits per heavy atom. The predicted molar refractivity (Wildman–Crippen MR) is 87.9 cm³/mol. The third-order valence-corrected chi connectivity index (χ3v) is 4.28. The highest BCUT2D eigenvalue weighted by Gasteiger charge is 2.12. The van der Waals surface area contributed by atoms with Crippen molar-refractivity contribution in [3.63, 3.8) is 0 Å². The lowest BCUT2D eigenvalue weighted by Crippen LogP contribution is -2.44. The molecule has 0 amide bonds. The predicted octanol–water partition coefficient (Wildman–Crippen LogP) is 2.62. The van der Waals surface area contributed by atoms with Crippen LogP contribution in [0.2, 0.25) is 0 Å². The van der Waals surface area contributed by atoms with Gasteiger partial charge in [0.2, 0.25) is 0 Å². The number of rotatable bonds is 5. The number of nitrogens with zero attached hydrogens (tertiary/aromatic N) is 2. The van der Waals surface area contributed by atoms with Crippen LogP contribution < -0.4 is 4.74 Å². The van der Waals surface area contributed by atoms with E-state index in [-0.39, 0.29) is 0 Å². The number of halogens is 1. The van der Waals surface area contributed by atoms with E-state index in [2.05, 4.69) is 64.6 Å². The zero-order chi connectivity index (χ0) is 13.7. The Bertz CT molecular complexity index is 403. The van der Waals surface area contributed by atoms with Crippen LogP contribution in [0.1, 0.15) is 12.0 Å². The Hall–Kier alpha value is -0.330. The third kappa shape index (κ3) is 4.93. The molecule has 1 aliphatic rings. The molecule has 0 radical (unpaired) electrons. The van der Waals surface area contributed by atoms with E-state index in [9.17, 15) is 0 Å². The Kier molecular flexibility index (Phi) is 5.91. The summed E-state index contributed by atoms with van der Waals surface area (Å²) in [6.07, 6.45) is 1.11. The van der Waals surface area contributed by atoms with Gasteiger partial charge in [-0.25, -0.2) is 0 Å². The topological polar surface area (TPSA) is 15.7 Å². The summed E-state index contributed by atoms with van der Waals surface area (Å²) in [4.78, 5) is 4.92. The highest BCUT2D eigenvalue weighted by Crippen LogP contribution is 2.20. The summed E-state index contributed by atoms with van der Waals surface area (Å²) in [5.41, 5.74) is 1.23. The molecule has 2 rings (SSSR count). The Morgan fingerprint density at radius 1 is 1.21 bits per heavy atom. The molecule has 0 N–H and O–H groups in total. The van der Waals surface area contributed by atoms with Crippen LogP contribution in [0.5, 0.6) is 5.75 Å². The van der Waals surface area contributed by atoms with Gasteiger partial charge in [0.05, 0.1) is 6.61 Å². The minimum Gasteiger partial charge on any atom is -0.493 e. The molecule has 0 aliphatic carbocycles. The molecule has 0 bridgehead atoms. The molecule has 1 heterocycles. The van der Waals surface area contributed by atoms with Crippen molar-refractivity contribution >= 4 is 22.6 Å². The second-order valence-electron chi connectivity index (χ2n) is 5.26. The monoisotopic (exact) mass is 374 g/mol. The minimum absolute atomic E-state index is 0.813. The molecule has 0 spiro atoms. The van der Waals surface area contributed by atoms with Crippen LogP contribution in [0.3, 0.4) is 0 Å². The molecule has 1 aliphatic heterocycles. The largest absolute Gasteiger partial charge is 0.493 e. The fraction of sp³-hybridized carbons (Fsp3) is 0.600. The molecule has 1 fully saturated rings. The van der Waals surface area contributed by atoms with Crippen LogP contribution in [-0.4, -0.2) is 56.2 Å². The van der Waals surface area contributed by atoms with Gasteiger partial charge in [0.25, 0.3) is 0 Å². The Balaban J connectivity index is 1.66. The van der Waals surface area contributed by atoms with E-state index in [1.165, 1.54) is 35.3 Å². The van der Waals surface area contributed by atoms with Gasteiger partial charge in [0, 0.05) is 36.3 Å². The number of ether oxygens (including phenoxy) is 1. The maximum absolute atomic E-state index is 5.86. The first-order valence-corrected chi connectivity index (χ1v) is 8.03. The van der Waals surface area contributed by atoms with Crippen LogP contribution >= 0.6 is 22.6 Å². The van der Waals surface area contributed by atoms with Gasteiger partial charge < -0.3 is 14.5 Å². The molecule has 0 atom stereocenters. The second kappa shape index (κ2) is 7.45. The van der Waals surface area contributed by atoms with Crippen LogP contribution in [0.25, 0.3) is 0 Å². The van der Waals surface area contributed by atoms with Gasteiger partial charge in [0.15, 0.2) is 0 Å². The van der Waals surface area contributed by atoms with Crippen molar-refractivity contribution < 1.29 is 4.74 Å². The Morgan fingerprint density at radius 3 is 2.63 bits per heavy atom. The molecule has 1 saturated heterocycles. The summed E-state index contributed by atoms with van der Waals surface area (Å²) in [6.45, 7) is 8.84. The van der Waals surface area contributed by atoms with Crippen molar-refractivity contribution in [2.75, 3.05) is 46.4 Å². The van der Waals surface area contributed by atoms with Gasteiger partial charge in [-0.2, -0.15) is 0 Å². The molecule has 19 heavy (non-hydrogen) atoms. The number of hydrogen-bond acceptors (Lipinski definition) is 3. The van der Waals surface area contributed by atoms with Gasteiger partial charge in [0.1, 0.15) is 5.75 Å². The molecule has 4 heteroatoms. The maximum Gasteiger partial charge on any atom is 0.122 e. The standard InChI is InChI=1S/C15H23IN2O/c1-13-12-14(16)4-5-15(13)19-11-3-6-18-9-7-17(2)8-10-18/h4-5,12H,3,6-11H2,1-2H3. The van der Waals surface area contributed by atoms with Gasteiger partial charge in [-0.15, -0.1) is 0 Å². The normalized spacial score (nSPS) is 17.6. The summed E-state index contributed by atoms with van der Waals surface area (Å²) in [5.74, 6) is 1.03. The molecule has 106 valence electrons. The minimum atomic E-state index is 0.813. The van der Waals surface area contributed by atoms with E-state index in [0.29, 0.717) is 0 Å². The number of hydrogen-bond donors (Lipinski definition) is 0. The molecule has 1 aromatic rings. The third-order valence-electron chi connectivity index (χ3n) is 3.61. The molecule has 3 nitrogen and oxygen atoms in total. The fourth-order valence-electron chi connectivity index (χ4n) is 2.32. The first kappa shape index (κ1) is 15.1. The first-order chi connectivity index (χ1) is 9.15. The molecular formula is C15H23IN2O. The SMILES string of the molecule is Cc1cc(I)ccc1OCCCN1CCN(C)CC1. The van der Waals surface area contributed by atoms with Crippen molar-refractivity contribution in [1.82, 2.24) is 9.80 Å². The smallest absolute Gasteiger partial charge is 0.122 e. The average molecular weight is 374 g/mol. The van der Waals surface area contributed by atoms with Crippen LogP contribution in [0, 0.1) is 10.5 Å². The zero-order valence-electron chi connectivity index (χ0n) is 11.9. The van der Waals surface area contributed by atoms with Crippen LogP contribution in [-0.2, 0) is 0 Å². The van der Waals surface area contributed by atoms with Gasteiger partial charge >= 0.3 is 0 Å². The summed E-state index contributed by atoms with van der Waals surface area (Å²) in [7, 11) is 2.19. The van der Waals surface area contributed by atoms with Gasteiger partial charge in [-0.05, 0) is 66.7 Å². The Labute approximate surface area is 130 Å². The summed E-state index contributed by atoms with van der Waals surface area (Å²) in [5, 5.41) is 0. The fourth-order valence-corrected chi connectivity index (χ4v) is 2.96. The lowest BCUT2D eigenvalue weighted by molar-refractivity contribution is 0.145. The van der Waals surface area contributed by atoms with E-state index in [0.717, 1.165) is 25.3 Å². The van der Waals surface area contributed by atoms with Gasteiger partial charge in [-0.1, -0.05) is 0 Å². The summed E-state index contributed by atoms with van der Waals surface area (Å²) in [6, 6.07) is 6.34. The highest BCUT2D eigenvalue weighted by molar-refractivity contribution is 14.1. The molecule has 0 unspecified atom stereocenters. The molecule has 1 aromatic carbocycles. The van der Waals surface area contributed by atoms with Crippen LogP contribution in [0.4, 0.5) is 0 Å². The van der Waals surface area contributed by atoms with Crippen LogP contribution in [0.15, 0.2) is 18.2 Å². The number of aryl methyl sites for hydroxylation is 1. The van der Waals surface area contributed by atoms with Crippen molar-refractivity contribution in [3.05, 3.63) is 27.3 Å². The highest BCUT2D eigenvalue weighted by atomic mass is 127. The van der Waals surface area contributed by atoms with Gasteiger partial charge in [-0.3, -0.25) is 0 Å². The molecule has 0 saturated carbocycles. The summed E-state index contributed by atoms with van der Waals surface area (Å²) < 4.78 is 7.13.